The fraction of sp³-hybridized carbons (Fsp3) is 0.706. The SMILES string of the molecule is COC(=O)NC(C(=O)N1CCCC1c1ncc(CCCCCCc2cnc(C3CCCN3C(=O)C(NC(=O)OC)C(C)C)[nH]2)[nH]1)C(C)C. The van der Waals surface area contributed by atoms with Crippen LogP contribution in [0.3, 0.4) is 0 Å². The van der Waals surface area contributed by atoms with Gasteiger partial charge in [0.25, 0.3) is 0 Å². The number of imidazole rings is 2. The van der Waals surface area contributed by atoms with Crippen LogP contribution in [0, 0.1) is 11.8 Å². The Kier molecular flexibility index (Phi) is 13.3. The molecule has 2 aromatic rings. The molecule has 0 saturated carbocycles. The Morgan fingerprint density at radius 3 is 1.48 bits per heavy atom. The summed E-state index contributed by atoms with van der Waals surface area (Å²) in [4.78, 5) is 70.3. The number of nitrogens with one attached hydrogen (secondary N) is 4. The van der Waals surface area contributed by atoms with E-state index in [0.717, 1.165) is 87.2 Å². The van der Waals surface area contributed by atoms with Crippen LogP contribution in [0.5, 0.6) is 0 Å². The number of hydrogen-bond donors (Lipinski definition) is 4. The number of rotatable bonds is 15. The molecule has 0 spiro atoms. The maximum absolute atomic E-state index is 13.4. The number of likely N-dealkylation sites (tertiary alicyclic amines) is 2. The second-order valence-electron chi connectivity index (χ2n) is 13.6. The maximum atomic E-state index is 13.4. The molecule has 2 fully saturated rings. The summed E-state index contributed by atoms with van der Waals surface area (Å²) in [5.41, 5.74) is 2.13. The number of amides is 4. The molecule has 0 bridgehead atoms. The lowest BCUT2D eigenvalue weighted by Crippen LogP contribution is -2.51. The molecule has 0 aliphatic carbocycles. The van der Waals surface area contributed by atoms with Gasteiger partial charge in [0, 0.05) is 36.9 Å². The van der Waals surface area contributed by atoms with Crippen LogP contribution in [-0.4, -0.2) is 93.1 Å². The van der Waals surface area contributed by atoms with Crippen molar-refractivity contribution in [2.45, 2.75) is 116 Å². The molecule has 14 heteroatoms. The van der Waals surface area contributed by atoms with Gasteiger partial charge in [0.05, 0.1) is 26.3 Å². The number of aromatic nitrogens is 4. The largest absolute Gasteiger partial charge is 0.453 e. The Morgan fingerprint density at radius 1 is 0.729 bits per heavy atom. The lowest BCUT2D eigenvalue weighted by Gasteiger charge is -2.30. The summed E-state index contributed by atoms with van der Waals surface area (Å²) in [5.74, 6) is 1.23. The monoisotopic (exact) mass is 670 g/mol. The minimum Gasteiger partial charge on any atom is -0.453 e. The lowest BCUT2D eigenvalue weighted by molar-refractivity contribution is -0.136. The van der Waals surface area contributed by atoms with E-state index >= 15 is 0 Å². The summed E-state index contributed by atoms with van der Waals surface area (Å²) < 4.78 is 9.46. The van der Waals surface area contributed by atoms with E-state index in [2.05, 4.69) is 30.6 Å². The number of ether oxygens (including phenoxy) is 2. The number of H-pyrrole nitrogens is 2. The highest BCUT2D eigenvalue weighted by molar-refractivity contribution is 5.87. The zero-order valence-electron chi connectivity index (χ0n) is 29.3. The van der Waals surface area contributed by atoms with E-state index in [0.29, 0.717) is 13.1 Å². The summed E-state index contributed by atoms with van der Waals surface area (Å²) in [6.07, 6.45) is 11.9. The van der Waals surface area contributed by atoms with Gasteiger partial charge in [0.2, 0.25) is 11.8 Å². The highest BCUT2D eigenvalue weighted by atomic mass is 16.5. The van der Waals surface area contributed by atoms with Crippen molar-refractivity contribution in [3.05, 3.63) is 35.4 Å². The van der Waals surface area contributed by atoms with Crippen LogP contribution < -0.4 is 10.6 Å². The van der Waals surface area contributed by atoms with Crippen LogP contribution in [0.15, 0.2) is 12.4 Å². The highest BCUT2D eigenvalue weighted by Gasteiger charge is 2.38. The van der Waals surface area contributed by atoms with Gasteiger partial charge in [0.15, 0.2) is 0 Å². The second-order valence-corrected chi connectivity index (χ2v) is 13.6. The van der Waals surface area contributed by atoms with Gasteiger partial charge in [0.1, 0.15) is 23.7 Å². The van der Waals surface area contributed by atoms with Crippen molar-refractivity contribution < 1.29 is 28.7 Å². The van der Waals surface area contributed by atoms with Crippen LogP contribution >= 0.6 is 0 Å². The number of nitrogens with zero attached hydrogens (tertiary/aromatic N) is 4. The second kappa shape index (κ2) is 17.3. The summed E-state index contributed by atoms with van der Waals surface area (Å²) in [6, 6.07) is -1.56. The molecule has 266 valence electrons. The minimum atomic E-state index is -0.651. The summed E-state index contributed by atoms with van der Waals surface area (Å²) in [5, 5.41) is 5.38. The van der Waals surface area contributed by atoms with Crippen LogP contribution in [0.2, 0.25) is 0 Å². The van der Waals surface area contributed by atoms with E-state index in [9.17, 15) is 19.2 Å². The molecule has 4 atom stereocenters. The number of carbonyl (C=O) groups excluding carboxylic acids is 4. The summed E-state index contributed by atoms with van der Waals surface area (Å²) in [6.45, 7) is 8.90. The van der Waals surface area contributed by atoms with Crippen molar-refractivity contribution in [1.29, 1.82) is 0 Å². The molecule has 48 heavy (non-hydrogen) atoms. The fourth-order valence-electron chi connectivity index (χ4n) is 6.72. The van der Waals surface area contributed by atoms with Gasteiger partial charge in [-0.05, 0) is 63.2 Å². The first-order valence-electron chi connectivity index (χ1n) is 17.4. The number of carbonyl (C=O) groups is 4. The quantitative estimate of drug-likeness (QED) is 0.199. The van der Waals surface area contributed by atoms with Crippen molar-refractivity contribution in [2.24, 2.45) is 11.8 Å². The van der Waals surface area contributed by atoms with Gasteiger partial charge in [-0.25, -0.2) is 19.6 Å². The number of alkyl carbamates (subject to hydrolysis) is 2. The Bertz CT molecular complexity index is 1270. The smallest absolute Gasteiger partial charge is 0.407 e. The lowest BCUT2D eigenvalue weighted by atomic mass is 10.0. The molecule has 2 aliphatic heterocycles. The first-order valence-corrected chi connectivity index (χ1v) is 17.4. The van der Waals surface area contributed by atoms with Crippen LogP contribution in [0.1, 0.15) is 114 Å². The number of aryl methyl sites for hydroxylation is 2. The molecule has 14 nitrogen and oxygen atoms in total. The van der Waals surface area contributed by atoms with Crippen molar-refractivity contribution >= 4 is 24.0 Å². The molecule has 4 unspecified atom stereocenters. The van der Waals surface area contributed by atoms with Crippen molar-refractivity contribution in [2.75, 3.05) is 27.3 Å². The Labute approximate surface area is 283 Å². The predicted molar refractivity (Wildman–Crippen MR) is 179 cm³/mol. The Balaban J connectivity index is 1.21. The fourth-order valence-corrected chi connectivity index (χ4v) is 6.72. The summed E-state index contributed by atoms with van der Waals surface area (Å²) >= 11 is 0. The number of unbranched alkanes of at least 4 members (excludes halogenated alkanes) is 3. The molecule has 4 amide bonds. The highest BCUT2D eigenvalue weighted by Crippen LogP contribution is 2.33. The third-order valence-electron chi connectivity index (χ3n) is 9.42. The van der Waals surface area contributed by atoms with Crippen LogP contribution in [-0.2, 0) is 31.9 Å². The van der Waals surface area contributed by atoms with Gasteiger partial charge < -0.3 is 39.9 Å². The van der Waals surface area contributed by atoms with Crippen molar-refractivity contribution in [1.82, 2.24) is 40.4 Å². The van der Waals surface area contributed by atoms with Gasteiger partial charge in [-0.1, -0.05) is 40.5 Å². The first kappa shape index (κ1) is 36.7. The number of aromatic amines is 2. The van der Waals surface area contributed by atoms with Gasteiger partial charge in [-0.3, -0.25) is 9.59 Å². The average molecular weight is 671 g/mol. The summed E-state index contributed by atoms with van der Waals surface area (Å²) in [7, 11) is 2.59. The molecule has 2 aromatic heterocycles. The zero-order chi connectivity index (χ0) is 34.8. The third-order valence-corrected chi connectivity index (χ3v) is 9.42. The molecular formula is C34H54N8O6. The van der Waals surface area contributed by atoms with Gasteiger partial charge in [-0.2, -0.15) is 0 Å². The van der Waals surface area contributed by atoms with E-state index in [1.54, 1.807) is 0 Å². The average Bonchev–Trinajstić information content (AvgIpc) is 3.89. The van der Waals surface area contributed by atoms with Crippen molar-refractivity contribution in [3.63, 3.8) is 0 Å². The van der Waals surface area contributed by atoms with Gasteiger partial charge >= 0.3 is 12.2 Å². The molecule has 0 aromatic carbocycles. The maximum Gasteiger partial charge on any atom is 0.407 e. The van der Waals surface area contributed by atoms with E-state index in [4.69, 9.17) is 9.47 Å². The standard InChI is InChI=1S/C34H54N8O6/c1-21(2)27(39-33(45)47-5)31(43)41-17-11-15-25(41)29-35-19-23(37-29)13-9-7-8-10-14-24-20-36-30(38-24)26-16-12-18-42(26)32(44)28(22(3)4)40-34(46)48-6/h19-22,25-28H,7-18H2,1-6H3,(H,35,37)(H,36,38)(H,39,45)(H,40,46). The van der Waals surface area contributed by atoms with Crippen molar-refractivity contribution in [3.8, 4) is 0 Å². The zero-order valence-corrected chi connectivity index (χ0v) is 29.3. The normalized spacial score (nSPS) is 19.1. The number of methoxy groups -OCH3 is 2. The Morgan fingerprint density at radius 2 is 1.12 bits per heavy atom. The molecule has 0 radical (unpaired) electrons. The van der Waals surface area contributed by atoms with E-state index in [1.165, 1.54) is 14.2 Å². The predicted octanol–water partition coefficient (Wildman–Crippen LogP) is 4.57. The number of hydrogen-bond acceptors (Lipinski definition) is 8. The van der Waals surface area contributed by atoms with Crippen LogP contribution in [0.4, 0.5) is 9.59 Å². The van der Waals surface area contributed by atoms with E-state index < -0.39 is 24.3 Å². The molecule has 4 rings (SSSR count). The molecule has 4 heterocycles. The molecule has 4 N–H and O–H groups in total. The van der Waals surface area contributed by atoms with E-state index in [-0.39, 0.29) is 35.7 Å². The first-order chi connectivity index (χ1) is 23.0. The topological polar surface area (TPSA) is 175 Å². The molecular weight excluding hydrogens is 616 g/mol. The van der Waals surface area contributed by atoms with E-state index in [1.807, 2.05) is 49.9 Å². The minimum absolute atomic E-state index is 0.0745. The molecule has 2 aliphatic rings. The van der Waals surface area contributed by atoms with Crippen LogP contribution in [0.25, 0.3) is 0 Å². The molecule has 2 saturated heterocycles. The Hall–Kier alpha value is -4.10. The van der Waals surface area contributed by atoms with Gasteiger partial charge in [-0.15, -0.1) is 0 Å². The third kappa shape index (κ3) is 9.28.